The Morgan fingerprint density at radius 2 is 1.63 bits per heavy atom. The molecule has 0 aliphatic carbocycles. The SMILES string of the molecule is ClC1(Cl)N2c3ccccc3OCC21c1ccccc1. The van der Waals surface area contributed by atoms with Crippen molar-refractivity contribution in [3.63, 3.8) is 0 Å². The first-order valence-corrected chi connectivity index (χ1v) is 6.89. The fourth-order valence-corrected chi connectivity index (χ4v) is 3.78. The minimum atomic E-state index is -0.957. The van der Waals surface area contributed by atoms with Crippen molar-refractivity contribution in [2.45, 2.75) is 10.00 Å². The number of hydrogen-bond donors (Lipinski definition) is 0. The first kappa shape index (κ1) is 11.4. The van der Waals surface area contributed by atoms with Gasteiger partial charge in [0.2, 0.25) is 4.46 Å². The topological polar surface area (TPSA) is 12.2 Å². The van der Waals surface area contributed by atoms with Crippen LogP contribution in [0.5, 0.6) is 5.75 Å². The van der Waals surface area contributed by atoms with E-state index in [4.69, 9.17) is 27.9 Å². The van der Waals surface area contributed by atoms with Crippen molar-refractivity contribution in [2.24, 2.45) is 0 Å². The van der Waals surface area contributed by atoms with Gasteiger partial charge in [0.25, 0.3) is 0 Å². The largest absolute Gasteiger partial charge is 0.488 e. The van der Waals surface area contributed by atoms with Gasteiger partial charge >= 0.3 is 0 Å². The van der Waals surface area contributed by atoms with E-state index in [0.717, 1.165) is 17.0 Å². The second kappa shape index (κ2) is 3.59. The molecule has 2 nitrogen and oxygen atoms in total. The van der Waals surface area contributed by atoms with Gasteiger partial charge < -0.3 is 9.64 Å². The van der Waals surface area contributed by atoms with Crippen LogP contribution < -0.4 is 9.64 Å². The summed E-state index contributed by atoms with van der Waals surface area (Å²) in [6, 6.07) is 17.9. The molecule has 96 valence electrons. The predicted molar refractivity (Wildman–Crippen MR) is 77.0 cm³/mol. The van der Waals surface area contributed by atoms with E-state index in [2.05, 4.69) is 0 Å². The van der Waals surface area contributed by atoms with Gasteiger partial charge in [-0.25, -0.2) is 0 Å². The van der Waals surface area contributed by atoms with Gasteiger partial charge in [0, 0.05) is 0 Å². The summed E-state index contributed by atoms with van der Waals surface area (Å²) in [4.78, 5) is 2.03. The molecule has 0 spiro atoms. The van der Waals surface area contributed by atoms with Crippen molar-refractivity contribution >= 4 is 28.9 Å². The van der Waals surface area contributed by atoms with Crippen molar-refractivity contribution in [3.8, 4) is 5.75 Å². The third-order valence-corrected chi connectivity index (χ3v) is 4.87. The van der Waals surface area contributed by atoms with E-state index in [1.165, 1.54) is 0 Å². The van der Waals surface area contributed by atoms with E-state index < -0.39 is 10.00 Å². The number of benzene rings is 2. The van der Waals surface area contributed by atoms with Crippen molar-refractivity contribution in [3.05, 3.63) is 60.2 Å². The summed E-state index contributed by atoms with van der Waals surface area (Å²) >= 11 is 13.1. The molecule has 1 unspecified atom stereocenters. The molecular weight excluding hydrogens is 281 g/mol. The molecule has 1 saturated heterocycles. The van der Waals surface area contributed by atoms with Crippen LogP contribution >= 0.6 is 23.2 Å². The van der Waals surface area contributed by atoms with Crippen molar-refractivity contribution in [2.75, 3.05) is 11.5 Å². The van der Waals surface area contributed by atoms with Gasteiger partial charge in [0.05, 0.1) is 5.69 Å². The van der Waals surface area contributed by atoms with Crippen LogP contribution in [0, 0.1) is 0 Å². The van der Waals surface area contributed by atoms with E-state index in [1.54, 1.807) is 0 Å². The number of halogens is 2. The quantitative estimate of drug-likeness (QED) is 0.448. The Bertz CT molecular complexity index is 644. The zero-order valence-electron chi connectivity index (χ0n) is 10.0. The second-order valence-electron chi connectivity index (χ2n) is 4.86. The predicted octanol–water partition coefficient (Wildman–Crippen LogP) is 3.93. The highest BCUT2D eigenvalue weighted by molar-refractivity contribution is 6.54. The lowest BCUT2D eigenvalue weighted by molar-refractivity contribution is 0.266. The lowest BCUT2D eigenvalue weighted by Crippen LogP contribution is -2.29. The van der Waals surface area contributed by atoms with Crippen LogP contribution in [0.1, 0.15) is 5.56 Å². The molecule has 4 heteroatoms. The first-order valence-electron chi connectivity index (χ1n) is 6.13. The molecule has 1 fully saturated rings. The Labute approximate surface area is 121 Å². The number of nitrogens with zero attached hydrogens (tertiary/aromatic N) is 1. The average molecular weight is 292 g/mol. The van der Waals surface area contributed by atoms with Crippen LogP contribution in [0.15, 0.2) is 54.6 Å². The lowest BCUT2D eigenvalue weighted by atomic mass is 9.98. The van der Waals surface area contributed by atoms with Gasteiger partial charge in [-0.1, -0.05) is 65.7 Å². The molecule has 2 aliphatic rings. The van der Waals surface area contributed by atoms with Gasteiger partial charge in [-0.05, 0) is 17.7 Å². The molecule has 2 aromatic rings. The molecule has 0 saturated carbocycles. The van der Waals surface area contributed by atoms with Crippen LogP contribution in [0.25, 0.3) is 0 Å². The van der Waals surface area contributed by atoms with Crippen molar-refractivity contribution in [1.82, 2.24) is 0 Å². The highest BCUT2D eigenvalue weighted by Crippen LogP contribution is 2.69. The molecule has 2 aromatic carbocycles. The average Bonchev–Trinajstić information content (AvgIpc) is 2.98. The first-order chi connectivity index (χ1) is 9.18. The van der Waals surface area contributed by atoms with E-state index in [9.17, 15) is 0 Å². The summed E-state index contributed by atoms with van der Waals surface area (Å²) in [7, 11) is 0. The second-order valence-corrected chi connectivity index (χ2v) is 6.15. The Hall–Kier alpha value is -1.38. The summed E-state index contributed by atoms with van der Waals surface area (Å²) < 4.78 is 4.90. The van der Waals surface area contributed by atoms with Gasteiger partial charge in [0.15, 0.2) is 5.54 Å². The maximum atomic E-state index is 6.54. The minimum Gasteiger partial charge on any atom is -0.488 e. The van der Waals surface area contributed by atoms with Crippen LogP contribution in [0.4, 0.5) is 5.69 Å². The molecule has 2 heterocycles. The summed E-state index contributed by atoms with van der Waals surface area (Å²) in [5, 5.41) is 0. The standard InChI is InChI=1S/C15H11Cl2NO/c16-15(17)14(11-6-2-1-3-7-11)10-19-13-9-5-4-8-12(13)18(14)15/h1-9H,10H2. The highest BCUT2D eigenvalue weighted by Gasteiger charge is 2.77. The van der Waals surface area contributed by atoms with Gasteiger partial charge in [-0.3, -0.25) is 0 Å². The highest BCUT2D eigenvalue weighted by atomic mass is 35.5. The summed E-state index contributed by atoms with van der Waals surface area (Å²) in [6.07, 6.45) is 0. The number of rotatable bonds is 1. The zero-order chi connectivity index (χ0) is 13.1. The van der Waals surface area contributed by atoms with E-state index in [-0.39, 0.29) is 0 Å². The molecule has 0 bridgehead atoms. The van der Waals surface area contributed by atoms with Crippen molar-refractivity contribution < 1.29 is 4.74 Å². The van der Waals surface area contributed by atoms with Crippen LogP contribution in [0.2, 0.25) is 0 Å². The van der Waals surface area contributed by atoms with Gasteiger partial charge in [-0.2, -0.15) is 0 Å². The van der Waals surface area contributed by atoms with E-state index >= 15 is 0 Å². The molecule has 0 N–H and O–H groups in total. The molecular formula is C15H11Cl2NO. The van der Waals surface area contributed by atoms with Gasteiger partial charge in [-0.15, -0.1) is 0 Å². The monoisotopic (exact) mass is 291 g/mol. The number of ether oxygens (including phenoxy) is 1. The van der Waals surface area contributed by atoms with E-state index in [0.29, 0.717) is 6.61 Å². The number of alkyl halides is 2. The molecule has 2 aliphatic heterocycles. The van der Waals surface area contributed by atoms with E-state index in [1.807, 2.05) is 59.5 Å². The molecule has 4 rings (SSSR count). The third-order valence-electron chi connectivity index (χ3n) is 3.90. The summed E-state index contributed by atoms with van der Waals surface area (Å²) in [6.45, 7) is 0.459. The normalized spacial score (nSPS) is 26.1. The number of hydrogen-bond acceptors (Lipinski definition) is 2. The Kier molecular flexibility index (Phi) is 2.16. The van der Waals surface area contributed by atoms with Crippen LogP contribution in [0.3, 0.4) is 0 Å². The maximum absolute atomic E-state index is 6.54. The number of fused-ring (bicyclic) bond motifs is 3. The molecule has 0 aromatic heterocycles. The third kappa shape index (κ3) is 1.28. The molecule has 19 heavy (non-hydrogen) atoms. The summed E-state index contributed by atoms with van der Waals surface area (Å²) in [5.41, 5.74) is 1.54. The van der Waals surface area contributed by atoms with Gasteiger partial charge in [0.1, 0.15) is 12.4 Å². The fraction of sp³-hybridized carbons (Fsp3) is 0.200. The van der Waals surface area contributed by atoms with Crippen LogP contribution in [-0.4, -0.2) is 11.1 Å². The maximum Gasteiger partial charge on any atom is 0.222 e. The Morgan fingerprint density at radius 1 is 0.947 bits per heavy atom. The number of anilines is 1. The van der Waals surface area contributed by atoms with Crippen molar-refractivity contribution in [1.29, 1.82) is 0 Å². The Balaban J connectivity index is 1.89. The summed E-state index contributed by atoms with van der Waals surface area (Å²) in [5.74, 6) is 0.831. The fourth-order valence-electron chi connectivity index (χ4n) is 2.90. The lowest BCUT2D eigenvalue weighted by Gasteiger charge is -2.25. The zero-order valence-corrected chi connectivity index (χ0v) is 11.5. The molecule has 0 radical (unpaired) electrons. The number of para-hydroxylation sites is 2. The minimum absolute atomic E-state index is 0.459. The molecule has 1 atom stereocenters. The Morgan fingerprint density at radius 3 is 2.42 bits per heavy atom. The molecule has 0 amide bonds. The van der Waals surface area contributed by atoms with Crippen LogP contribution in [-0.2, 0) is 5.54 Å². The smallest absolute Gasteiger partial charge is 0.222 e.